The van der Waals surface area contributed by atoms with Gasteiger partial charge in [0.15, 0.2) is 5.75 Å². The van der Waals surface area contributed by atoms with E-state index < -0.39 is 4.92 Å². The van der Waals surface area contributed by atoms with Gasteiger partial charge >= 0.3 is 11.6 Å². The van der Waals surface area contributed by atoms with Gasteiger partial charge in [0, 0.05) is 16.6 Å². The Morgan fingerprint density at radius 1 is 1.06 bits per heavy atom. The van der Waals surface area contributed by atoms with Gasteiger partial charge in [0.1, 0.15) is 11.8 Å². The molecule has 0 spiro atoms. The molecule has 0 aliphatic heterocycles. The van der Waals surface area contributed by atoms with Crippen LogP contribution in [0, 0.1) is 34.8 Å². The first kappa shape index (κ1) is 19.4. The number of anilines is 1. The maximum atomic E-state index is 12.1. The summed E-state index contributed by atoms with van der Waals surface area (Å²) in [6.07, 6.45) is 8.42. The second-order valence-corrected chi connectivity index (χ2v) is 9.84. The molecule has 3 aromatic rings. The number of nitro groups is 1. The molecule has 8 heteroatoms. The number of benzene rings is 1. The van der Waals surface area contributed by atoms with E-state index >= 15 is 0 Å². The number of hydrogen-bond acceptors (Lipinski definition) is 7. The average Bonchev–Trinajstić information content (AvgIpc) is 2.73. The van der Waals surface area contributed by atoms with Gasteiger partial charge in [-0.25, -0.2) is 9.97 Å². The van der Waals surface area contributed by atoms with Crippen LogP contribution >= 0.6 is 0 Å². The van der Waals surface area contributed by atoms with E-state index in [4.69, 9.17) is 4.74 Å². The lowest BCUT2D eigenvalue weighted by Crippen LogP contribution is -2.55. The number of nitrogens with one attached hydrogen (secondary N) is 1. The highest BCUT2D eigenvalue weighted by atomic mass is 16.6. The first-order valence-corrected chi connectivity index (χ1v) is 11.3. The molecule has 4 aliphatic carbocycles. The zero-order chi connectivity index (χ0) is 21.9. The standard InChI is InChI=1S/C24H25N5O3/c1-14-5-6-18-3-2-4-19(20(18)27-14)32-23-21(29(30)31)22(25-13-26-23)28-24-10-15-7-16(11-24)9-17(8-15)12-24/h2-6,13,15-17H,7-12H2,1H3,(H,25,26,28). The van der Waals surface area contributed by atoms with Gasteiger partial charge in [-0.3, -0.25) is 10.1 Å². The highest BCUT2D eigenvalue weighted by Crippen LogP contribution is 2.57. The minimum atomic E-state index is -0.442. The summed E-state index contributed by atoms with van der Waals surface area (Å²) in [6, 6.07) is 9.41. The SMILES string of the molecule is Cc1ccc2cccc(Oc3ncnc(NC45CC6CC(CC(C6)C4)C5)c3[N+](=O)[O-])c2n1. The number of aryl methyl sites for hydroxylation is 1. The molecule has 8 nitrogen and oxygen atoms in total. The third kappa shape index (κ3) is 3.25. The molecule has 0 radical (unpaired) electrons. The molecule has 2 aromatic heterocycles. The van der Waals surface area contributed by atoms with Crippen molar-refractivity contribution in [3.63, 3.8) is 0 Å². The third-order valence-electron chi connectivity index (χ3n) is 7.42. The molecule has 4 bridgehead atoms. The van der Waals surface area contributed by atoms with Crippen LogP contribution in [-0.4, -0.2) is 25.4 Å². The summed E-state index contributed by atoms with van der Waals surface area (Å²) in [7, 11) is 0. The lowest BCUT2D eigenvalue weighted by molar-refractivity contribution is -0.385. The summed E-state index contributed by atoms with van der Waals surface area (Å²) in [6.45, 7) is 1.90. The molecule has 1 aromatic carbocycles. The van der Waals surface area contributed by atoms with Crippen molar-refractivity contribution in [3.05, 3.63) is 52.5 Å². The fraction of sp³-hybridized carbons (Fsp3) is 0.458. The van der Waals surface area contributed by atoms with E-state index in [0.29, 0.717) is 11.3 Å². The first-order chi connectivity index (χ1) is 15.5. The lowest BCUT2D eigenvalue weighted by atomic mass is 9.53. The summed E-state index contributed by atoms with van der Waals surface area (Å²) in [5.41, 5.74) is 1.17. The van der Waals surface area contributed by atoms with Crippen LogP contribution in [0.1, 0.15) is 44.2 Å². The Labute approximate surface area is 185 Å². The topological polar surface area (TPSA) is 103 Å². The molecule has 0 atom stereocenters. The smallest absolute Gasteiger partial charge is 0.373 e. The Morgan fingerprint density at radius 2 is 1.78 bits per heavy atom. The van der Waals surface area contributed by atoms with Crippen molar-refractivity contribution in [1.82, 2.24) is 15.0 Å². The Hall–Kier alpha value is -3.29. The highest BCUT2D eigenvalue weighted by molar-refractivity contribution is 5.85. The zero-order valence-electron chi connectivity index (χ0n) is 18.0. The molecular weight excluding hydrogens is 406 g/mol. The van der Waals surface area contributed by atoms with E-state index in [1.807, 2.05) is 31.2 Å². The van der Waals surface area contributed by atoms with Crippen LogP contribution in [-0.2, 0) is 0 Å². The predicted octanol–water partition coefficient (Wildman–Crippen LogP) is 5.41. The van der Waals surface area contributed by atoms with E-state index in [1.165, 1.54) is 25.6 Å². The van der Waals surface area contributed by atoms with Crippen LogP contribution in [0.4, 0.5) is 11.5 Å². The van der Waals surface area contributed by atoms with E-state index in [0.717, 1.165) is 48.1 Å². The molecular formula is C24H25N5O3. The van der Waals surface area contributed by atoms with Crippen LogP contribution in [0.3, 0.4) is 0 Å². The Balaban J connectivity index is 1.37. The molecule has 164 valence electrons. The number of aromatic nitrogens is 3. The zero-order valence-corrected chi connectivity index (χ0v) is 18.0. The highest BCUT2D eigenvalue weighted by Gasteiger charge is 2.51. The molecule has 32 heavy (non-hydrogen) atoms. The van der Waals surface area contributed by atoms with Crippen LogP contribution in [0.15, 0.2) is 36.7 Å². The molecule has 0 amide bonds. The third-order valence-corrected chi connectivity index (χ3v) is 7.42. The van der Waals surface area contributed by atoms with Crippen molar-refractivity contribution in [2.24, 2.45) is 17.8 Å². The summed E-state index contributed by atoms with van der Waals surface area (Å²) >= 11 is 0. The molecule has 4 saturated carbocycles. The number of ether oxygens (including phenoxy) is 1. The minimum Gasteiger partial charge on any atom is -0.431 e. The lowest BCUT2D eigenvalue weighted by Gasteiger charge is -2.57. The second-order valence-electron chi connectivity index (χ2n) is 9.84. The van der Waals surface area contributed by atoms with Crippen LogP contribution in [0.25, 0.3) is 10.9 Å². The van der Waals surface area contributed by atoms with Crippen LogP contribution in [0.2, 0.25) is 0 Å². The Bertz CT molecular complexity index is 1190. The monoisotopic (exact) mass is 431 g/mol. The number of para-hydroxylation sites is 1. The summed E-state index contributed by atoms with van der Waals surface area (Å²) in [5, 5.41) is 16.5. The molecule has 0 saturated heterocycles. The van der Waals surface area contributed by atoms with E-state index in [9.17, 15) is 10.1 Å². The fourth-order valence-corrected chi connectivity index (χ4v) is 6.61. The van der Waals surface area contributed by atoms with Crippen molar-refractivity contribution in [2.75, 3.05) is 5.32 Å². The maximum absolute atomic E-state index is 12.1. The first-order valence-electron chi connectivity index (χ1n) is 11.3. The predicted molar refractivity (Wildman–Crippen MR) is 120 cm³/mol. The number of hydrogen-bond donors (Lipinski definition) is 1. The molecule has 4 fully saturated rings. The van der Waals surface area contributed by atoms with Crippen LogP contribution < -0.4 is 10.1 Å². The van der Waals surface area contributed by atoms with Gasteiger partial charge in [-0.05, 0) is 75.3 Å². The van der Waals surface area contributed by atoms with Gasteiger partial charge in [0.05, 0.1) is 4.92 Å². The van der Waals surface area contributed by atoms with Crippen molar-refractivity contribution < 1.29 is 9.66 Å². The van der Waals surface area contributed by atoms with Gasteiger partial charge in [-0.15, -0.1) is 0 Å². The Kier molecular flexibility index (Phi) is 4.31. The normalized spacial score (nSPS) is 28.1. The molecule has 2 heterocycles. The summed E-state index contributed by atoms with van der Waals surface area (Å²) in [4.78, 5) is 24.7. The van der Waals surface area contributed by atoms with Crippen molar-refractivity contribution in [1.29, 1.82) is 0 Å². The fourth-order valence-electron chi connectivity index (χ4n) is 6.61. The number of pyridine rings is 1. The van der Waals surface area contributed by atoms with Gasteiger partial charge in [-0.2, -0.15) is 4.98 Å². The molecule has 7 rings (SSSR count). The second kappa shape index (κ2) is 7.12. The van der Waals surface area contributed by atoms with E-state index in [2.05, 4.69) is 20.3 Å². The van der Waals surface area contributed by atoms with Crippen molar-refractivity contribution in [3.8, 4) is 11.6 Å². The Morgan fingerprint density at radius 3 is 2.47 bits per heavy atom. The average molecular weight is 431 g/mol. The number of nitrogens with zero attached hydrogens (tertiary/aromatic N) is 4. The number of rotatable bonds is 5. The van der Waals surface area contributed by atoms with E-state index in [1.54, 1.807) is 6.07 Å². The van der Waals surface area contributed by atoms with Gasteiger partial charge in [-0.1, -0.05) is 18.2 Å². The molecule has 1 N–H and O–H groups in total. The summed E-state index contributed by atoms with van der Waals surface area (Å²) < 4.78 is 6.01. The van der Waals surface area contributed by atoms with Gasteiger partial charge in [0.2, 0.25) is 5.82 Å². The molecule has 4 aliphatic rings. The molecule has 0 unspecified atom stereocenters. The van der Waals surface area contributed by atoms with Crippen molar-refractivity contribution in [2.45, 2.75) is 51.0 Å². The van der Waals surface area contributed by atoms with Crippen LogP contribution in [0.5, 0.6) is 11.6 Å². The van der Waals surface area contributed by atoms with Gasteiger partial charge in [0.25, 0.3) is 0 Å². The maximum Gasteiger partial charge on any atom is 0.373 e. The van der Waals surface area contributed by atoms with Gasteiger partial charge < -0.3 is 10.1 Å². The largest absolute Gasteiger partial charge is 0.431 e. The minimum absolute atomic E-state index is 0.0620. The number of fused-ring (bicyclic) bond motifs is 1. The van der Waals surface area contributed by atoms with Crippen molar-refractivity contribution >= 4 is 22.4 Å². The summed E-state index contributed by atoms with van der Waals surface area (Å²) in [5.74, 6) is 2.79. The quantitative estimate of drug-likeness (QED) is 0.425. The van der Waals surface area contributed by atoms with E-state index in [-0.39, 0.29) is 22.9 Å².